The highest BCUT2D eigenvalue weighted by atomic mass is 79.9. The summed E-state index contributed by atoms with van der Waals surface area (Å²) in [6.45, 7) is 6.29. The minimum absolute atomic E-state index is 0.160. The third kappa shape index (κ3) is 5.64. The van der Waals surface area contributed by atoms with E-state index in [-0.39, 0.29) is 18.4 Å². The molecule has 0 bridgehead atoms. The number of amides is 2. The first kappa shape index (κ1) is 22.8. The molecule has 0 aliphatic heterocycles. The fourth-order valence-corrected chi connectivity index (χ4v) is 3.95. The molecule has 0 fully saturated rings. The molecule has 3 aromatic rings. The number of rotatable bonds is 8. The van der Waals surface area contributed by atoms with E-state index in [4.69, 9.17) is 4.74 Å². The van der Waals surface area contributed by atoms with E-state index in [0.29, 0.717) is 18.8 Å². The Kier molecular flexibility index (Phi) is 7.69. The van der Waals surface area contributed by atoms with Crippen molar-refractivity contribution >= 4 is 38.5 Å². The summed E-state index contributed by atoms with van der Waals surface area (Å²) in [7, 11) is 0. The first-order valence-corrected chi connectivity index (χ1v) is 11.1. The van der Waals surface area contributed by atoms with Crippen LogP contribution in [-0.4, -0.2) is 35.9 Å². The minimum atomic E-state index is -0.614. The third-order valence-corrected chi connectivity index (χ3v) is 5.99. The Bertz CT molecular complexity index is 1070. The van der Waals surface area contributed by atoms with E-state index in [1.54, 1.807) is 11.8 Å². The van der Waals surface area contributed by atoms with Crippen LogP contribution in [0.1, 0.15) is 25.0 Å². The second-order valence-corrected chi connectivity index (χ2v) is 8.26. The van der Waals surface area contributed by atoms with Gasteiger partial charge in [0.15, 0.2) is 6.61 Å². The smallest absolute Gasteiger partial charge is 0.261 e. The van der Waals surface area contributed by atoms with Crippen LogP contribution in [0.15, 0.2) is 65.1 Å². The number of halogens is 1. The molecule has 0 aromatic heterocycles. The van der Waals surface area contributed by atoms with Crippen molar-refractivity contribution in [2.24, 2.45) is 0 Å². The maximum absolute atomic E-state index is 13.1. The van der Waals surface area contributed by atoms with E-state index in [1.807, 2.05) is 74.5 Å². The number of hydrogen-bond donors (Lipinski definition) is 1. The van der Waals surface area contributed by atoms with Gasteiger partial charge in [0.1, 0.15) is 11.8 Å². The van der Waals surface area contributed by atoms with Gasteiger partial charge < -0.3 is 15.0 Å². The molecular weight excluding hydrogens is 456 g/mol. The van der Waals surface area contributed by atoms with Gasteiger partial charge in [0.05, 0.1) is 4.47 Å². The lowest BCUT2D eigenvalue weighted by Gasteiger charge is -2.28. The van der Waals surface area contributed by atoms with Crippen molar-refractivity contribution in [1.82, 2.24) is 10.2 Å². The Morgan fingerprint density at radius 3 is 2.48 bits per heavy atom. The Morgan fingerprint density at radius 1 is 1.06 bits per heavy atom. The molecule has 0 unspecified atom stereocenters. The van der Waals surface area contributed by atoms with Gasteiger partial charge in [-0.1, -0.05) is 60.2 Å². The fourth-order valence-electron chi connectivity index (χ4n) is 3.34. The molecule has 0 spiro atoms. The number of nitrogens with zero attached hydrogens (tertiary/aromatic N) is 1. The van der Waals surface area contributed by atoms with Crippen molar-refractivity contribution in [3.05, 3.63) is 76.3 Å². The van der Waals surface area contributed by atoms with Gasteiger partial charge in [-0.15, -0.1) is 0 Å². The molecule has 3 rings (SSSR count). The van der Waals surface area contributed by atoms with Crippen LogP contribution in [0, 0.1) is 6.92 Å². The van der Waals surface area contributed by atoms with E-state index in [1.165, 1.54) is 0 Å². The molecule has 0 saturated carbocycles. The Balaban J connectivity index is 1.78. The van der Waals surface area contributed by atoms with Gasteiger partial charge in [0.25, 0.3) is 5.91 Å². The summed E-state index contributed by atoms with van der Waals surface area (Å²) < 4.78 is 6.67. The molecule has 0 radical (unpaired) electrons. The standard InChI is InChI=1S/C25H27BrN2O3/c1-4-27-25(30)18(3)28(15-19-11-9-17(2)10-12-19)23(29)16-31-22-14-13-20-7-5-6-8-21(20)24(22)26/h5-14,18H,4,15-16H2,1-3H3,(H,27,30)/t18-/m0/s1. The number of carbonyl (C=O) groups is 2. The van der Waals surface area contributed by atoms with Crippen molar-refractivity contribution in [2.45, 2.75) is 33.4 Å². The number of benzene rings is 3. The summed E-state index contributed by atoms with van der Waals surface area (Å²) in [5, 5.41) is 4.89. The van der Waals surface area contributed by atoms with Gasteiger partial charge in [0, 0.05) is 13.1 Å². The van der Waals surface area contributed by atoms with Crippen LogP contribution < -0.4 is 10.1 Å². The molecule has 5 nitrogen and oxygen atoms in total. The maximum atomic E-state index is 13.1. The average Bonchev–Trinajstić information content (AvgIpc) is 2.78. The SMILES string of the molecule is CCNC(=O)[C@H](C)N(Cc1ccc(C)cc1)C(=O)COc1ccc2ccccc2c1Br. The second kappa shape index (κ2) is 10.4. The molecule has 1 N–H and O–H groups in total. The van der Waals surface area contributed by atoms with Crippen LogP contribution in [0.4, 0.5) is 0 Å². The zero-order chi connectivity index (χ0) is 22.4. The van der Waals surface area contributed by atoms with Gasteiger partial charge in [-0.3, -0.25) is 9.59 Å². The molecule has 1 atom stereocenters. The van der Waals surface area contributed by atoms with Crippen LogP contribution in [0.5, 0.6) is 5.75 Å². The zero-order valence-electron chi connectivity index (χ0n) is 18.0. The number of aryl methyl sites for hydroxylation is 1. The Morgan fingerprint density at radius 2 is 1.77 bits per heavy atom. The largest absolute Gasteiger partial charge is 0.483 e. The quantitative estimate of drug-likeness (QED) is 0.499. The van der Waals surface area contributed by atoms with Crippen LogP contribution in [0.25, 0.3) is 10.8 Å². The highest BCUT2D eigenvalue weighted by Crippen LogP contribution is 2.33. The Labute approximate surface area is 191 Å². The molecule has 162 valence electrons. The molecule has 0 heterocycles. The molecular formula is C25H27BrN2O3. The van der Waals surface area contributed by atoms with Crippen molar-refractivity contribution < 1.29 is 14.3 Å². The highest BCUT2D eigenvalue weighted by molar-refractivity contribution is 9.10. The van der Waals surface area contributed by atoms with E-state index in [2.05, 4.69) is 21.2 Å². The molecule has 2 amide bonds. The van der Waals surface area contributed by atoms with Crippen molar-refractivity contribution in [3.63, 3.8) is 0 Å². The van der Waals surface area contributed by atoms with Crippen molar-refractivity contribution in [3.8, 4) is 5.75 Å². The van der Waals surface area contributed by atoms with Crippen LogP contribution in [-0.2, 0) is 16.1 Å². The minimum Gasteiger partial charge on any atom is -0.483 e. The molecule has 31 heavy (non-hydrogen) atoms. The van der Waals surface area contributed by atoms with Crippen molar-refractivity contribution in [2.75, 3.05) is 13.2 Å². The summed E-state index contributed by atoms with van der Waals surface area (Å²) in [6.07, 6.45) is 0. The molecule has 0 aliphatic carbocycles. The number of nitrogens with one attached hydrogen (secondary N) is 1. The average molecular weight is 483 g/mol. The van der Waals surface area contributed by atoms with Gasteiger partial charge in [-0.2, -0.15) is 0 Å². The number of fused-ring (bicyclic) bond motifs is 1. The summed E-state index contributed by atoms with van der Waals surface area (Å²) in [4.78, 5) is 27.1. The Hall–Kier alpha value is -2.86. The molecule has 3 aromatic carbocycles. The lowest BCUT2D eigenvalue weighted by atomic mass is 10.1. The van der Waals surface area contributed by atoms with Gasteiger partial charge in [-0.25, -0.2) is 0 Å². The normalized spacial score (nSPS) is 11.7. The zero-order valence-corrected chi connectivity index (χ0v) is 19.6. The van der Waals surface area contributed by atoms with E-state index < -0.39 is 6.04 Å². The first-order chi connectivity index (χ1) is 14.9. The predicted molar refractivity (Wildman–Crippen MR) is 127 cm³/mol. The van der Waals surface area contributed by atoms with Crippen LogP contribution >= 0.6 is 15.9 Å². The first-order valence-electron chi connectivity index (χ1n) is 10.3. The summed E-state index contributed by atoms with van der Waals surface area (Å²) in [5.74, 6) is 0.155. The van der Waals surface area contributed by atoms with Crippen LogP contribution in [0.2, 0.25) is 0 Å². The summed E-state index contributed by atoms with van der Waals surface area (Å²) >= 11 is 3.59. The molecule has 0 aliphatic rings. The summed E-state index contributed by atoms with van der Waals surface area (Å²) in [5.41, 5.74) is 2.10. The predicted octanol–water partition coefficient (Wildman–Crippen LogP) is 4.84. The van der Waals surface area contributed by atoms with E-state index >= 15 is 0 Å². The maximum Gasteiger partial charge on any atom is 0.261 e. The summed E-state index contributed by atoms with van der Waals surface area (Å²) in [6, 6.07) is 19.1. The number of carbonyl (C=O) groups excluding carboxylic acids is 2. The van der Waals surface area contributed by atoms with Gasteiger partial charge >= 0.3 is 0 Å². The molecule has 0 saturated heterocycles. The second-order valence-electron chi connectivity index (χ2n) is 7.47. The van der Waals surface area contributed by atoms with E-state index in [0.717, 1.165) is 26.4 Å². The lowest BCUT2D eigenvalue weighted by Crippen LogP contribution is -2.49. The number of likely N-dealkylation sites (N-methyl/N-ethyl adjacent to an activating group) is 1. The fraction of sp³-hybridized carbons (Fsp3) is 0.280. The van der Waals surface area contributed by atoms with E-state index in [9.17, 15) is 9.59 Å². The third-order valence-electron chi connectivity index (χ3n) is 5.17. The van der Waals surface area contributed by atoms with Crippen molar-refractivity contribution in [1.29, 1.82) is 0 Å². The van der Waals surface area contributed by atoms with Gasteiger partial charge in [0.2, 0.25) is 5.91 Å². The number of ether oxygens (including phenoxy) is 1. The van der Waals surface area contributed by atoms with Crippen LogP contribution in [0.3, 0.4) is 0 Å². The topological polar surface area (TPSA) is 58.6 Å². The molecule has 6 heteroatoms. The van der Waals surface area contributed by atoms with Gasteiger partial charge in [-0.05, 0) is 59.1 Å². The monoisotopic (exact) mass is 482 g/mol. The number of hydrogen-bond acceptors (Lipinski definition) is 3. The lowest BCUT2D eigenvalue weighted by molar-refractivity contribution is -0.142. The highest BCUT2D eigenvalue weighted by Gasteiger charge is 2.26.